The first kappa shape index (κ1) is 14.3. The van der Waals surface area contributed by atoms with E-state index in [1.54, 1.807) is 0 Å². The van der Waals surface area contributed by atoms with Crippen LogP contribution in [0.15, 0.2) is 23.1 Å². The lowest BCUT2D eigenvalue weighted by Crippen LogP contribution is -2.38. The van der Waals surface area contributed by atoms with Gasteiger partial charge in [0.25, 0.3) is 0 Å². The topological polar surface area (TPSA) is 72.2 Å². The number of hydrogen-bond donors (Lipinski definition) is 2. The largest absolute Gasteiger partial charge is 0.398 e. The van der Waals surface area contributed by atoms with Gasteiger partial charge in [-0.3, -0.25) is 0 Å². The summed E-state index contributed by atoms with van der Waals surface area (Å²) in [6.45, 7) is 2.12. The molecule has 3 N–H and O–H groups in total. The van der Waals surface area contributed by atoms with Crippen LogP contribution in [0.5, 0.6) is 0 Å². The molecule has 1 aliphatic rings. The van der Waals surface area contributed by atoms with E-state index in [9.17, 15) is 12.8 Å². The Morgan fingerprint density at radius 2 is 2.11 bits per heavy atom. The molecule has 4 nitrogen and oxygen atoms in total. The Hall–Kier alpha value is -1.14. The van der Waals surface area contributed by atoms with Gasteiger partial charge in [-0.05, 0) is 37.0 Å². The molecule has 1 aliphatic carbocycles. The lowest BCUT2D eigenvalue weighted by Gasteiger charge is -2.27. The van der Waals surface area contributed by atoms with E-state index in [4.69, 9.17) is 5.73 Å². The first-order valence-corrected chi connectivity index (χ1v) is 7.94. The van der Waals surface area contributed by atoms with E-state index in [1.165, 1.54) is 6.07 Å². The van der Waals surface area contributed by atoms with Crippen molar-refractivity contribution in [2.75, 3.05) is 5.73 Å². The fraction of sp³-hybridized carbons (Fsp3) is 0.538. The average Bonchev–Trinajstić information content (AvgIpc) is 2.27. The summed E-state index contributed by atoms with van der Waals surface area (Å²) in [4.78, 5) is -0.0490. The van der Waals surface area contributed by atoms with Crippen LogP contribution in [0.4, 0.5) is 10.1 Å². The molecular formula is C13H19FN2O2S. The molecule has 1 saturated carbocycles. The number of anilines is 1. The lowest BCUT2D eigenvalue weighted by atomic mass is 9.88. The maximum atomic E-state index is 13.0. The zero-order valence-electron chi connectivity index (χ0n) is 10.9. The summed E-state index contributed by atoms with van der Waals surface area (Å²) >= 11 is 0. The summed E-state index contributed by atoms with van der Waals surface area (Å²) in [5.41, 5.74) is 5.52. The molecule has 0 aromatic heterocycles. The van der Waals surface area contributed by atoms with Crippen LogP contribution in [0.1, 0.15) is 32.6 Å². The van der Waals surface area contributed by atoms with Crippen molar-refractivity contribution in [3.63, 3.8) is 0 Å². The second-order valence-electron chi connectivity index (χ2n) is 5.27. The summed E-state index contributed by atoms with van der Waals surface area (Å²) in [5, 5.41) is 0. The normalized spacial score (nSPS) is 24.3. The Kier molecular flexibility index (Phi) is 4.10. The SMILES string of the molecule is CC1CCCC(NS(=O)(=O)c2ccc(F)cc2N)C1. The third-order valence-electron chi connectivity index (χ3n) is 3.52. The van der Waals surface area contributed by atoms with Gasteiger partial charge in [-0.25, -0.2) is 17.5 Å². The number of nitrogen functional groups attached to an aromatic ring is 1. The van der Waals surface area contributed by atoms with Crippen molar-refractivity contribution in [3.05, 3.63) is 24.0 Å². The predicted molar refractivity (Wildman–Crippen MR) is 72.6 cm³/mol. The van der Waals surface area contributed by atoms with Crippen molar-refractivity contribution < 1.29 is 12.8 Å². The molecule has 2 atom stereocenters. The van der Waals surface area contributed by atoms with Crippen LogP contribution >= 0.6 is 0 Å². The second kappa shape index (κ2) is 5.46. The number of nitrogens with one attached hydrogen (secondary N) is 1. The first-order chi connectivity index (χ1) is 8.88. The highest BCUT2D eigenvalue weighted by molar-refractivity contribution is 7.89. The summed E-state index contributed by atoms with van der Waals surface area (Å²) < 4.78 is 40.1. The van der Waals surface area contributed by atoms with E-state index >= 15 is 0 Å². The second-order valence-corrected chi connectivity index (χ2v) is 6.95. The molecule has 19 heavy (non-hydrogen) atoms. The van der Waals surface area contributed by atoms with E-state index in [0.717, 1.165) is 37.8 Å². The van der Waals surface area contributed by atoms with E-state index in [2.05, 4.69) is 11.6 Å². The van der Waals surface area contributed by atoms with Crippen molar-refractivity contribution in [1.82, 2.24) is 4.72 Å². The van der Waals surface area contributed by atoms with Crippen molar-refractivity contribution in [1.29, 1.82) is 0 Å². The summed E-state index contributed by atoms with van der Waals surface area (Å²) in [7, 11) is -3.67. The third-order valence-corrected chi connectivity index (χ3v) is 5.11. The molecule has 1 aromatic carbocycles. The number of nitrogens with two attached hydrogens (primary N) is 1. The average molecular weight is 286 g/mol. The van der Waals surface area contributed by atoms with Crippen molar-refractivity contribution in [2.45, 2.75) is 43.5 Å². The molecule has 0 radical (unpaired) electrons. The van der Waals surface area contributed by atoms with Gasteiger partial charge in [-0.1, -0.05) is 19.8 Å². The van der Waals surface area contributed by atoms with Crippen molar-refractivity contribution in [2.24, 2.45) is 5.92 Å². The molecule has 0 saturated heterocycles. The number of sulfonamides is 1. The zero-order chi connectivity index (χ0) is 14.0. The molecule has 0 bridgehead atoms. The van der Waals surface area contributed by atoms with Crippen LogP contribution in [0.2, 0.25) is 0 Å². The maximum Gasteiger partial charge on any atom is 0.242 e. The van der Waals surface area contributed by atoms with Gasteiger partial charge >= 0.3 is 0 Å². The van der Waals surface area contributed by atoms with Gasteiger partial charge < -0.3 is 5.73 Å². The molecule has 106 valence electrons. The van der Waals surface area contributed by atoms with Gasteiger partial charge in [0.2, 0.25) is 10.0 Å². The van der Waals surface area contributed by atoms with Crippen LogP contribution in [0, 0.1) is 11.7 Å². The van der Waals surface area contributed by atoms with Gasteiger partial charge in [-0.2, -0.15) is 0 Å². The minimum absolute atomic E-state index is 0.0490. The zero-order valence-corrected chi connectivity index (χ0v) is 11.7. The molecule has 2 rings (SSSR count). The Morgan fingerprint density at radius 3 is 2.74 bits per heavy atom. The van der Waals surface area contributed by atoms with Gasteiger partial charge in [0.05, 0.1) is 5.69 Å². The van der Waals surface area contributed by atoms with Gasteiger partial charge in [0.15, 0.2) is 0 Å². The van der Waals surface area contributed by atoms with Crippen LogP contribution in [-0.4, -0.2) is 14.5 Å². The first-order valence-electron chi connectivity index (χ1n) is 6.46. The standard InChI is InChI=1S/C13H19FN2O2S/c1-9-3-2-4-11(7-9)16-19(17,18)13-6-5-10(14)8-12(13)15/h5-6,8-9,11,16H,2-4,7,15H2,1H3. The molecular weight excluding hydrogens is 267 g/mol. The maximum absolute atomic E-state index is 13.0. The van der Waals surface area contributed by atoms with Gasteiger partial charge in [-0.15, -0.1) is 0 Å². The Morgan fingerprint density at radius 1 is 1.37 bits per heavy atom. The van der Waals surface area contributed by atoms with Crippen molar-refractivity contribution in [3.8, 4) is 0 Å². The molecule has 0 heterocycles. The highest BCUT2D eigenvalue weighted by atomic mass is 32.2. The van der Waals surface area contributed by atoms with Crippen LogP contribution in [-0.2, 0) is 10.0 Å². The van der Waals surface area contributed by atoms with Crippen molar-refractivity contribution >= 4 is 15.7 Å². The molecule has 0 amide bonds. The molecule has 2 unspecified atom stereocenters. The minimum atomic E-state index is -3.67. The Labute approximate surface area is 113 Å². The fourth-order valence-electron chi connectivity index (χ4n) is 2.59. The predicted octanol–water partition coefficient (Wildman–Crippen LogP) is 2.26. The molecule has 0 aliphatic heterocycles. The summed E-state index contributed by atoms with van der Waals surface area (Å²) in [6, 6.07) is 3.28. The van der Waals surface area contributed by atoms with Crippen LogP contribution < -0.4 is 10.5 Å². The molecule has 6 heteroatoms. The Bertz CT molecular complexity index is 560. The van der Waals surface area contributed by atoms with Crippen LogP contribution in [0.3, 0.4) is 0 Å². The monoisotopic (exact) mass is 286 g/mol. The summed E-state index contributed by atoms with van der Waals surface area (Å²) in [5.74, 6) is -0.0187. The summed E-state index contributed by atoms with van der Waals surface area (Å²) in [6.07, 6.45) is 3.83. The quantitative estimate of drug-likeness (QED) is 0.837. The van der Waals surface area contributed by atoms with E-state index in [0.29, 0.717) is 5.92 Å². The highest BCUT2D eigenvalue weighted by Crippen LogP contribution is 2.26. The fourth-order valence-corrected chi connectivity index (χ4v) is 3.98. The highest BCUT2D eigenvalue weighted by Gasteiger charge is 2.25. The number of benzene rings is 1. The molecule has 1 aromatic rings. The molecule has 1 fully saturated rings. The van der Waals surface area contributed by atoms with Crippen LogP contribution in [0.25, 0.3) is 0 Å². The smallest absolute Gasteiger partial charge is 0.242 e. The Balaban J connectivity index is 2.18. The van der Waals surface area contributed by atoms with Gasteiger partial charge in [0.1, 0.15) is 10.7 Å². The lowest BCUT2D eigenvalue weighted by molar-refractivity contribution is 0.327. The minimum Gasteiger partial charge on any atom is -0.398 e. The molecule has 0 spiro atoms. The van der Waals surface area contributed by atoms with E-state index in [1.807, 2.05) is 0 Å². The number of halogens is 1. The van der Waals surface area contributed by atoms with Gasteiger partial charge in [0, 0.05) is 6.04 Å². The number of rotatable bonds is 3. The van der Waals surface area contributed by atoms with E-state index in [-0.39, 0.29) is 16.6 Å². The van der Waals surface area contributed by atoms with E-state index < -0.39 is 15.8 Å². The third kappa shape index (κ3) is 3.45. The number of hydrogen-bond acceptors (Lipinski definition) is 3.